The zero-order chi connectivity index (χ0) is 11.3. The minimum absolute atomic E-state index is 0.231. The van der Waals surface area contributed by atoms with E-state index in [0.717, 1.165) is 19.5 Å². The van der Waals surface area contributed by atoms with Crippen molar-refractivity contribution >= 4 is 5.69 Å². The van der Waals surface area contributed by atoms with Crippen LogP contribution in [-0.4, -0.2) is 24.3 Å². The molecular formula is C13H21NO. The molecule has 0 aliphatic rings. The fourth-order valence-corrected chi connectivity index (χ4v) is 1.63. The van der Waals surface area contributed by atoms with E-state index in [1.807, 2.05) is 6.92 Å². The second-order valence-electron chi connectivity index (χ2n) is 3.94. The van der Waals surface area contributed by atoms with Crippen LogP contribution >= 0.6 is 0 Å². The van der Waals surface area contributed by atoms with Crippen LogP contribution in [0.25, 0.3) is 0 Å². The molecule has 1 aromatic carbocycles. The van der Waals surface area contributed by atoms with Gasteiger partial charge in [-0.3, -0.25) is 0 Å². The first kappa shape index (κ1) is 12.1. The minimum Gasteiger partial charge on any atom is -0.391 e. The Hall–Kier alpha value is -1.02. The molecule has 1 unspecified atom stereocenters. The van der Waals surface area contributed by atoms with Gasteiger partial charge in [0.05, 0.1) is 6.10 Å². The quantitative estimate of drug-likeness (QED) is 0.802. The summed E-state index contributed by atoms with van der Waals surface area (Å²) >= 11 is 0. The van der Waals surface area contributed by atoms with Gasteiger partial charge >= 0.3 is 0 Å². The van der Waals surface area contributed by atoms with Crippen LogP contribution in [0.15, 0.2) is 24.3 Å². The molecule has 0 aromatic heterocycles. The Morgan fingerprint density at radius 2 is 2.07 bits per heavy atom. The Kier molecular flexibility index (Phi) is 4.63. The predicted molar refractivity (Wildman–Crippen MR) is 65.4 cm³/mol. The lowest BCUT2D eigenvalue weighted by molar-refractivity contribution is 0.176. The lowest BCUT2D eigenvalue weighted by Gasteiger charge is -2.25. The average Bonchev–Trinajstić information content (AvgIpc) is 2.25. The number of hydrogen-bond donors (Lipinski definition) is 1. The zero-order valence-corrected chi connectivity index (χ0v) is 9.90. The first-order valence-electron chi connectivity index (χ1n) is 5.67. The highest BCUT2D eigenvalue weighted by molar-refractivity contribution is 5.48. The van der Waals surface area contributed by atoms with E-state index in [4.69, 9.17) is 0 Å². The molecule has 84 valence electrons. The van der Waals surface area contributed by atoms with E-state index in [-0.39, 0.29) is 6.10 Å². The molecule has 0 spiro atoms. The summed E-state index contributed by atoms with van der Waals surface area (Å²) in [4.78, 5) is 2.21. The Labute approximate surface area is 92.5 Å². The third-order valence-corrected chi connectivity index (χ3v) is 2.65. The second kappa shape index (κ2) is 5.76. The van der Waals surface area contributed by atoms with Crippen LogP contribution < -0.4 is 4.90 Å². The van der Waals surface area contributed by atoms with Gasteiger partial charge in [0.2, 0.25) is 0 Å². The summed E-state index contributed by atoms with van der Waals surface area (Å²) in [6.07, 6.45) is 0.577. The second-order valence-corrected chi connectivity index (χ2v) is 3.94. The van der Waals surface area contributed by atoms with Crippen molar-refractivity contribution < 1.29 is 5.11 Å². The van der Waals surface area contributed by atoms with E-state index in [2.05, 4.69) is 43.0 Å². The van der Waals surface area contributed by atoms with Crippen molar-refractivity contribution in [3.05, 3.63) is 29.8 Å². The Balaban J connectivity index is 2.73. The standard InChI is InChI=1S/C13H21NO/c1-4-13(15)10-14(5-2)12-8-6-7-11(3)9-12/h6-9,13,15H,4-5,10H2,1-3H3. The average molecular weight is 207 g/mol. The Bertz CT molecular complexity index is 298. The third kappa shape index (κ3) is 3.56. The lowest BCUT2D eigenvalue weighted by Crippen LogP contribution is -2.31. The number of rotatable bonds is 5. The molecule has 0 radical (unpaired) electrons. The topological polar surface area (TPSA) is 23.5 Å². The molecule has 0 saturated carbocycles. The van der Waals surface area contributed by atoms with Gasteiger partial charge in [-0.25, -0.2) is 0 Å². The largest absolute Gasteiger partial charge is 0.391 e. The molecule has 0 bridgehead atoms. The van der Waals surface area contributed by atoms with Gasteiger partial charge in [0.25, 0.3) is 0 Å². The van der Waals surface area contributed by atoms with Gasteiger partial charge < -0.3 is 10.0 Å². The molecule has 0 heterocycles. The summed E-state index contributed by atoms with van der Waals surface area (Å²) in [6, 6.07) is 8.41. The lowest BCUT2D eigenvalue weighted by atomic mass is 10.2. The molecular weight excluding hydrogens is 186 g/mol. The summed E-state index contributed by atoms with van der Waals surface area (Å²) in [5, 5.41) is 9.65. The van der Waals surface area contributed by atoms with E-state index in [9.17, 15) is 5.11 Å². The summed E-state index contributed by atoms with van der Waals surface area (Å²) in [7, 11) is 0. The van der Waals surface area contributed by atoms with Crippen molar-refractivity contribution in [1.29, 1.82) is 0 Å². The normalized spacial score (nSPS) is 12.5. The maximum atomic E-state index is 9.65. The molecule has 0 amide bonds. The van der Waals surface area contributed by atoms with Crippen molar-refractivity contribution in [1.82, 2.24) is 0 Å². The smallest absolute Gasteiger partial charge is 0.0712 e. The number of aliphatic hydroxyl groups is 1. The summed E-state index contributed by atoms with van der Waals surface area (Å²) in [5.41, 5.74) is 2.46. The fourth-order valence-electron chi connectivity index (χ4n) is 1.63. The Morgan fingerprint density at radius 3 is 2.60 bits per heavy atom. The highest BCUT2D eigenvalue weighted by atomic mass is 16.3. The molecule has 2 nitrogen and oxygen atoms in total. The number of hydrogen-bond acceptors (Lipinski definition) is 2. The Morgan fingerprint density at radius 1 is 1.33 bits per heavy atom. The van der Waals surface area contributed by atoms with Crippen molar-refractivity contribution in [3.63, 3.8) is 0 Å². The highest BCUT2D eigenvalue weighted by Crippen LogP contribution is 2.16. The van der Waals surface area contributed by atoms with Gasteiger partial charge in [-0.1, -0.05) is 19.1 Å². The van der Waals surface area contributed by atoms with Crippen molar-refractivity contribution in [3.8, 4) is 0 Å². The third-order valence-electron chi connectivity index (χ3n) is 2.65. The van der Waals surface area contributed by atoms with Gasteiger partial charge in [0.1, 0.15) is 0 Å². The number of aryl methyl sites for hydroxylation is 1. The molecule has 0 saturated heterocycles. The van der Waals surface area contributed by atoms with Crippen LogP contribution in [-0.2, 0) is 0 Å². The van der Waals surface area contributed by atoms with E-state index in [1.54, 1.807) is 0 Å². The van der Waals surface area contributed by atoms with Crippen LogP contribution in [0.3, 0.4) is 0 Å². The maximum Gasteiger partial charge on any atom is 0.0712 e. The molecule has 1 aromatic rings. The van der Waals surface area contributed by atoms with Crippen LogP contribution in [0.1, 0.15) is 25.8 Å². The van der Waals surface area contributed by atoms with Gasteiger partial charge in [-0.15, -0.1) is 0 Å². The zero-order valence-electron chi connectivity index (χ0n) is 9.90. The van der Waals surface area contributed by atoms with Gasteiger partial charge in [0, 0.05) is 18.8 Å². The molecule has 15 heavy (non-hydrogen) atoms. The SMILES string of the molecule is CCC(O)CN(CC)c1cccc(C)c1. The first-order valence-corrected chi connectivity index (χ1v) is 5.67. The molecule has 1 rings (SSSR count). The molecule has 0 aliphatic carbocycles. The molecule has 0 fully saturated rings. The van der Waals surface area contributed by atoms with Crippen molar-refractivity contribution in [2.45, 2.75) is 33.3 Å². The number of anilines is 1. The van der Waals surface area contributed by atoms with E-state index in [0.29, 0.717) is 0 Å². The highest BCUT2D eigenvalue weighted by Gasteiger charge is 2.08. The molecule has 1 atom stereocenters. The number of likely N-dealkylation sites (N-methyl/N-ethyl adjacent to an activating group) is 1. The first-order chi connectivity index (χ1) is 7.17. The maximum absolute atomic E-state index is 9.65. The number of benzene rings is 1. The van der Waals surface area contributed by atoms with Gasteiger partial charge in [0.15, 0.2) is 0 Å². The number of nitrogens with zero attached hydrogens (tertiary/aromatic N) is 1. The molecule has 1 N–H and O–H groups in total. The van der Waals surface area contributed by atoms with Crippen molar-refractivity contribution in [2.75, 3.05) is 18.0 Å². The van der Waals surface area contributed by atoms with Crippen LogP contribution in [0.4, 0.5) is 5.69 Å². The summed E-state index contributed by atoms with van der Waals surface area (Å²) < 4.78 is 0. The predicted octanol–water partition coefficient (Wildman–Crippen LogP) is 2.59. The molecule has 0 aliphatic heterocycles. The van der Waals surface area contributed by atoms with E-state index >= 15 is 0 Å². The van der Waals surface area contributed by atoms with Crippen LogP contribution in [0.2, 0.25) is 0 Å². The van der Waals surface area contributed by atoms with Crippen LogP contribution in [0, 0.1) is 6.92 Å². The fraction of sp³-hybridized carbons (Fsp3) is 0.538. The number of aliphatic hydroxyl groups excluding tert-OH is 1. The van der Waals surface area contributed by atoms with Gasteiger partial charge in [-0.05, 0) is 38.0 Å². The minimum atomic E-state index is -0.231. The molecule has 2 heteroatoms. The van der Waals surface area contributed by atoms with E-state index < -0.39 is 0 Å². The van der Waals surface area contributed by atoms with Crippen molar-refractivity contribution in [2.24, 2.45) is 0 Å². The monoisotopic (exact) mass is 207 g/mol. The van der Waals surface area contributed by atoms with Crippen LogP contribution in [0.5, 0.6) is 0 Å². The van der Waals surface area contributed by atoms with E-state index in [1.165, 1.54) is 11.3 Å². The summed E-state index contributed by atoms with van der Waals surface area (Å²) in [5.74, 6) is 0. The van der Waals surface area contributed by atoms with Gasteiger partial charge in [-0.2, -0.15) is 0 Å². The summed E-state index contributed by atoms with van der Waals surface area (Å²) in [6.45, 7) is 7.87.